The number of hydrogen-bond acceptors (Lipinski definition) is 1. The molecule has 9 rings (SSSR count). The second-order valence-electron chi connectivity index (χ2n) is 11.2. The third kappa shape index (κ3) is 3.20. The van der Waals surface area contributed by atoms with Crippen molar-refractivity contribution in [3.8, 4) is 33.4 Å². The average molecular weight is 551 g/mol. The summed E-state index contributed by atoms with van der Waals surface area (Å²) in [6, 6.07) is 58.5. The topological polar surface area (TPSA) is 0 Å². The summed E-state index contributed by atoms with van der Waals surface area (Å²) in [6.45, 7) is 0. The molecule has 1 heterocycles. The lowest BCUT2D eigenvalue weighted by atomic mass is 9.67. The van der Waals surface area contributed by atoms with Crippen LogP contribution in [0.1, 0.15) is 22.3 Å². The minimum Gasteiger partial charge on any atom is -0.0888 e. The van der Waals surface area contributed by atoms with E-state index >= 15 is 0 Å². The predicted octanol–water partition coefficient (Wildman–Crippen LogP) is 11.0. The highest BCUT2D eigenvalue weighted by molar-refractivity contribution is 7.99. The Hall–Kier alpha value is -4.85. The van der Waals surface area contributed by atoms with Gasteiger partial charge in [0.25, 0.3) is 0 Å². The molecule has 196 valence electrons. The van der Waals surface area contributed by atoms with Crippen LogP contribution in [0.3, 0.4) is 0 Å². The fourth-order valence-corrected chi connectivity index (χ4v) is 8.58. The van der Waals surface area contributed by atoms with Crippen molar-refractivity contribution in [1.82, 2.24) is 0 Å². The predicted molar refractivity (Wildman–Crippen MR) is 176 cm³/mol. The van der Waals surface area contributed by atoms with Crippen molar-refractivity contribution >= 4 is 22.5 Å². The molecule has 0 bridgehead atoms. The number of rotatable bonds is 3. The van der Waals surface area contributed by atoms with Crippen LogP contribution in [0.2, 0.25) is 0 Å². The Bertz CT molecular complexity index is 2120. The first-order valence-corrected chi connectivity index (χ1v) is 15.3. The van der Waals surface area contributed by atoms with Gasteiger partial charge in [0.05, 0.1) is 5.41 Å². The summed E-state index contributed by atoms with van der Waals surface area (Å²) in [4.78, 5) is 2.65. The molecule has 0 saturated carbocycles. The molecule has 0 aromatic heterocycles. The Morgan fingerprint density at radius 1 is 0.405 bits per heavy atom. The maximum absolute atomic E-state index is 2.49. The van der Waals surface area contributed by atoms with Crippen molar-refractivity contribution in [2.24, 2.45) is 0 Å². The van der Waals surface area contributed by atoms with E-state index in [9.17, 15) is 0 Å². The quantitative estimate of drug-likeness (QED) is 0.211. The van der Waals surface area contributed by atoms with Gasteiger partial charge in [-0.05, 0) is 79.2 Å². The summed E-state index contributed by atoms with van der Waals surface area (Å²) < 4.78 is 0. The zero-order chi connectivity index (χ0) is 27.7. The van der Waals surface area contributed by atoms with Crippen LogP contribution in [0, 0.1) is 0 Å². The highest BCUT2D eigenvalue weighted by Gasteiger charge is 2.46. The van der Waals surface area contributed by atoms with Crippen LogP contribution in [0.25, 0.3) is 44.2 Å². The zero-order valence-electron chi connectivity index (χ0n) is 22.9. The van der Waals surface area contributed by atoms with Gasteiger partial charge in [-0.2, -0.15) is 0 Å². The summed E-state index contributed by atoms with van der Waals surface area (Å²) in [6.07, 6.45) is 0. The van der Waals surface area contributed by atoms with Crippen LogP contribution in [0.5, 0.6) is 0 Å². The zero-order valence-corrected chi connectivity index (χ0v) is 23.7. The molecule has 0 spiro atoms. The van der Waals surface area contributed by atoms with Gasteiger partial charge in [-0.15, -0.1) is 0 Å². The van der Waals surface area contributed by atoms with Gasteiger partial charge in [0, 0.05) is 15.2 Å². The lowest BCUT2D eigenvalue weighted by Crippen LogP contribution is -2.28. The molecular weight excluding hydrogens is 525 g/mol. The van der Waals surface area contributed by atoms with Crippen molar-refractivity contribution in [3.05, 3.63) is 180 Å². The van der Waals surface area contributed by atoms with E-state index in [2.05, 4.69) is 158 Å². The first-order chi connectivity index (χ1) is 20.8. The Morgan fingerprint density at radius 3 is 1.81 bits per heavy atom. The van der Waals surface area contributed by atoms with E-state index < -0.39 is 5.41 Å². The SMILES string of the molecule is c1ccc(C2(c3ccccc3)c3ccccc3-c3ccc(-c4ccc5cccc6c5c4-c4ccccc4S6)cc32)cc1. The van der Waals surface area contributed by atoms with Crippen molar-refractivity contribution in [1.29, 1.82) is 0 Å². The van der Waals surface area contributed by atoms with Crippen LogP contribution in [0.4, 0.5) is 0 Å². The van der Waals surface area contributed by atoms with Crippen LogP contribution < -0.4 is 0 Å². The van der Waals surface area contributed by atoms with E-state index in [1.165, 1.54) is 76.2 Å². The van der Waals surface area contributed by atoms with Crippen LogP contribution in [0.15, 0.2) is 168 Å². The molecule has 42 heavy (non-hydrogen) atoms. The first-order valence-electron chi connectivity index (χ1n) is 14.5. The molecule has 0 amide bonds. The van der Waals surface area contributed by atoms with Crippen molar-refractivity contribution in [2.45, 2.75) is 15.2 Å². The summed E-state index contributed by atoms with van der Waals surface area (Å²) in [5.74, 6) is 0. The minimum atomic E-state index is -0.405. The van der Waals surface area contributed by atoms with Crippen molar-refractivity contribution < 1.29 is 0 Å². The molecule has 0 nitrogen and oxygen atoms in total. The summed E-state index contributed by atoms with van der Waals surface area (Å²) in [5.41, 5.74) is 12.7. The van der Waals surface area contributed by atoms with E-state index in [0.29, 0.717) is 0 Å². The van der Waals surface area contributed by atoms with E-state index in [-0.39, 0.29) is 0 Å². The fourth-order valence-electron chi connectivity index (χ4n) is 7.44. The standard InChI is InChI=1S/C41H26S/c1-3-13-29(14-4-1)41(30-15-5-2-6-16-30)35-19-9-7-17-32(35)33-25-23-28(26-36(33)41)31-24-22-27-12-11-21-38-39(27)40(31)34-18-8-10-20-37(34)42-38/h1-26H. The molecule has 7 aromatic rings. The molecule has 0 atom stereocenters. The van der Waals surface area contributed by atoms with Gasteiger partial charge in [-0.1, -0.05) is 151 Å². The van der Waals surface area contributed by atoms with Gasteiger partial charge in [-0.3, -0.25) is 0 Å². The van der Waals surface area contributed by atoms with E-state index in [4.69, 9.17) is 0 Å². The lowest BCUT2D eigenvalue weighted by Gasteiger charge is -2.34. The summed E-state index contributed by atoms with van der Waals surface area (Å²) in [5, 5.41) is 2.66. The molecule has 0 N–H and O–H groups in total. The van der Waals surface area contributed by atoms with Gasteiger partial charge >= 0.3 is 0 Å². The van der Waals surface area contributed by atoms with Gasteiger partial charge in [0.1, 0.15) is 0 Å². The molecule has 0 saturated heterocycles. The molecular formula is C41H26S. The smallest absolute Gasteiger partial charge is 0.0713 e. The average Bonchev–Trinajstić information content (AvgIpc) is 3.36. The van der Waals surface area contributed by atoms with Crippen LogP contribution in [-0.2, 0) is 5.41 Å². The highest BCUT2D eigenvalue weighted by atomic mass is 32.2. The second-order valence-corrected chi connectivity index (χ2v) is 12.3. The maximum atomic E-state index is 2.49. The molecule has 0 unspecified atom stereocenters. The van der Waals surface area contributed by atoms with Gasteiger partial charge in [0.2, 0.25) is 0 Å². The van der Waals surface area contributed by atoms with Crippen LogP contribution in [-0.4, -0.2) is 0 Å². The first kappa shape index (κ1) is 23.8. The molecule has 2 aliphatic rings. The van der Waals surface area contributed by atoms with E-state index in [0.717, 1.165) is 0 Å². The molecule has 0 fully saturated rings. The van der Waals surface area contributed by atoms with Gasteiger partial charge < -0.3 is 0 Å². The second kappa shape index (κ2) is 9.08. The molecule has 1 aliphatic carbocycles. The number of hydrogen-bond donors (Lipinski definition) is 0. The van der Waals surface area contributed by atoms with Gasteiger partial charge in [0.15, 0.2) is 0 Å². The Balaban J connectivity index is 1.38. The van der Waals surface area contributed by atoms with Crippen molar-refractivity contribution in [3.63, 3.8) is 0 Å². The monoisotopic (exact) mass is 550 g/mol. The third-order valence-corrected chi connectivity index (χ3v) is 10.3. The Kier molecular flexibility index (Phi) is 5.15. The fraction of sp³-hybridized carbons (Fsp3) is 0.0244. The minimum absolute atomic E-state index is 0.405. The summed E-state index contributed by atoms with van der Waals surface area (Å²) in [7, 11) is 0. The third-order valence-electron chi connectivity index (χ3n) is 9.15. The highest BCUT2D eigenvalue weighted by Crippen LogP contribution is 2.57. The Morgan fingerprint density at radius 2 is 1.02 bits per heavy atom. The van der Waals surface area contributed by atoms with E-state index in [1.54, 1.807) is 0 Å². The normalized spacial score (nSPS) is 13.8. The molecule has 1 heteroatoms. The maximum Gasteiger partial charge on any atom is 0.0713 e. The number of benzene rings is 7. The number of fused-ring (bicyclic) bond motifs is 5. The largest absolute Gasteiger partial charge is 0.0888 e. The molecule has 0 radical (unpaired) electrons. The van der Waals surface area contributed by atoms with Crippen LogP contribution >= 0.6 is 11.8 Å². The Labute approximate surface area is 250 Å². The van der Waals surface area contributed by atoms with E-state index in [1.807, 2.05) is 11.8 Å². The molecule has 7 aromatic carbocycles. The summed E-state index contributed by atoms with van der Waals surface area (Å²) >= 11 is 1.88. The molecule has 1 aliphatic heterocycles. The lowest BCUT2D eigenvalue weighted by molar-refractivity contribution is 0.769. The van der Waals surface area contributed by atoms with Crippen molar-refractivity contribution in [2.75, 3.05) is 0 Å². The van der Waals surface area contributed by atoms with Gasteiger partial charge in [-0.25, -0.2) is 0 Å².